The van der Waals surface area contributed by atoms with Crippen LogP contribution in [0.1, 0.15) is 0 Å². The summed E-state index contributed by atoms with van der Waals surface area (Å²) in [7, 11) is 1.59. The van der Waals surface area contributed by atoms with Crippen LogP contribution in [-0.4, -0.2) is 22.4 Å². The van der Waals surface area contributed by atoms with Gasteiger partial charge in [0, 0.05) is 10.1 Å². The Balaban J connectivity index is 1.82. The highest BCUT2D eigenvalue weighted by Crippen LogP contribution is 2.43. The van der Waals surface area contributed by atoms with Crippen molar-refractivity contribution in [2.24, 2.45) is 0 Å². The van der Waals surface area contributed by atoms with Gasteiger partial charge in [0.15, 0.2) is 0 Å². The number of hydrogen-bond donors (Lipinski definition) is 1. The van der Waals surface area contributed by atoms with Gasteiger partial charge in [-0.1, -0.05) is 29.4 Å². The zero-order valence-electron chi connectivity index (χ0n) is 12.2. The number of fused-ring (bicyclic) bond motifs is 1. The summed E-state index contributed by atoms with van der Waals surface area (Å²) in [5, 5.41) is 15.2. The lowest BCUT2D eigenvalue weighted by Gasteiger charge is -2.02. The molecule has 0 bridgehead atoms. The van der Waals surface area contributed by atoms with Crippen molar-refractivity contribution in [1.29, 1.82) is 0 Å². The Bertz CT molecular complexity index is 990. The summed E-state index contributed by atoms with van der Waals surface area (Å²) in [6, 6.07) is 15.1. The van der Waals surface area contributed by atoms with Gasteiger partial charge in [-0.3, -0.25) is 0 Å². The van der Waals surface area contributed by atoms with Crippen LogP contribution in [0.5, 0.6) is 11.5 Å². The summed E-state index contributed by atoms with van der Waals surface area (Å²) in [5.41, 5.74) is 0.741. The number of rotatable bonds is 3. The van der Waals surface area contributed by atoms with E-state index in [-0.39, 0.29) is 5.75 Å². The van der Waals surface area contributed by atoms with E-state index in [9.17, 15) is 5.11 Å². The minimum absolute atomic E-state index is 0.167. The molecule has 23 heavy (non-hydrogen) atoms. The van der Waals surface area contributed by atoms with E-state index >= 15 is 0 Å². The lowest BCUT2D eigenvalue weighted by Crippen LogP contribution is -1.88. The lowest BCUT2D eigenvalue weighted by atomic mass is 10.2. The van der Waals surface area contributed by atoms with Gasteiger partial charge < -0.3 is 14.4 Å². The van der Waals surface area contributed by atoms with E-state index in [1.807, 2.05) is 48.5 Å². The first-order chi connectivity index (χ1) is 11.3. The lowest BCUT2D eigenvalue weighted by molar-refractivity contribution is 0.413. The normalized spacial score (nSPS) is 11.0. The molecule has 4 aromatic rings. The van der Waals surface area contributed by atoms with Gasteiger partial charge in [-0.15, -0.1) is 11.3 Å². The topological polar surface area (TPSA) is 68.4 Å². The summed E-state index contributed by atoms with van der Waals surface area (Å²) < 4.78 is 11.6. The van der Waals surface area contributed by atoms with Gasteiger partial charge in [-0.25, -0.2) is 0 Å². The molecule has 0 aliphatic rings. The highest BCUT2D eigenvalue weighted by molar-refractivity contribution is 7.22. The molecule has 1 N–H and O–H groups in total. The van der Waals surface area contributed by atoms with E-state index in [0.29, 0.717) is 22.3 Å². The van der Waals surface area contributed by atoms with Crippen LogP contribution in [0.25, 0.3) is 32.2 Å². The minimum Gasteiger partial charge on any atom is -0.506 e. The minimum atomic E-state index is 0.167. The van der Waals surface area contributed by atoms with Crippen molar-refractivity contribution in [3.05, 3.63) is 48.5 Å². The molecule has 0 fully saturated rings. The molecule has 114 valence electrons. The average Bonchev–Trinajstić information content (AvgIpc) is 3.20. The maximum absolute atomic E-state index is 10.4. The number of ether oxygens (including phenoxy) is 1. The van der Waals surface area contributed by atoms with Crippen LogP contribution in [0.4, 0.5) is 0 Å². The van der Waals surface area contributed by atoms with Crippen molar-refractivity contribution in [3.8, 4) is 33.7 Å². The van der Waals surface area contributed by atoms with Gasteiger partial charge in [0.05, 0.1) is 12.7 Å². The molecule has 0 atom stereocenters. The van der Waals surface area contributed by atoms with Crippen LogP contribution < -0.4 is 4.74 Å². The van der Waals surface area contributed by atoms with Crippen LogP contribution in [0.3, 0.4) is 0 Å². The maximum atomic E-state index is 10.4. The van der Waals surface area contributed by atoms with E-state index < -0.39 is 0 Å². The number of thiophene rings is 1. The fourth-order valence-electron chi connectivity index (χ4n) is 2.43. The van der Waals surface area contributed by atoms with Gasteiger partial charge in [0.1, 0.15) is 16.4 Å². The smallest absolute Gasteiger partial charge is 0.272 e. The van der Waals surface area contributed by atoms with Crippen molar-refractivity contribution in [2.45, 2.75) is 0 Å². The molecule has 0 unspecified atom stereocenters. The third-order valence-corrected chi connectivity index (χ3v) is 4.69. The van der Waals surface area contributed by atoms with Gasteiger partial charge in [-0.2, -0.15) is 4.98 Å². The van der Waals surface area contributed by atoms with Gasteiger partial charge in [0.2, 0.25) is 5.82 Å². The zero-order chi connectivity index (χ0) is 15.8. The molecule has 0 aliphatic heterocycles. The predicted octanol–water partition coefficient (Wildman–Crippen LogP) is 4.33. The van der Waals surface area contributed by atoms with E-state index in [1.165, 1.54) is 11.3 Å². The number of aromatic hydroxyl groups is 1. The molecule has 4 rings (SSSR count). The Labute approximate surface area is 135 Å². The van der Waals surface area contributed by atoms with Crippen LogP contribution in [0.2, 0.25) is 0 Å². The van der Waals surface area contributed by atoms with Crippen molar-refractivity contribution in [1.82, 2.24) is 10.1 Å². The first kappa shape index (κ1) is 13.8. The molecule has 0 saturated carbocycles. The Morgan fingerprint density at radius 1 is 1.09 bits per heavy atom. The van der Waals surface area contributed by atoms with Gasteiger partial charge in [0.25, 0.3) is 5.89 Å². The van der Waals surface area contributed by atoms with Crippen LogP contribution in [0, 0.1) is 0 Å². The van der Waals surface area contributed by atoms with Crippen molar-refractivity contribution >= 4 is 21.4 Å². The van der Waals surface area contributed by atoms with Crippen LogP contribution in [-0.2, 0) is 0 Å². The van der Waals surface area contributed by atoms with Gasteiger partial charge >= 0.3 is 0 Å². The average molecular weight is 324 g/mol. The van der Waals surface area contributed by atoms with E-state index in [2.05, 4.69) is 10.1 Å². The summed E-state index contributed by atoms with van der Waals surface area (Å²) in [6.45, 7) is 0. The summed E-state index contributed by atoms with van der Waals surface area (Å²) in [5.74, 6) is 1.56. The molecule has 0 saturated heterocycles. The number of nitrogens with zero attached hydrogens (tertiary/aromatic N) is 2. The van der Waals surface area contributed by atoms with Crippen molar-refractivity contribution in [3.63, 3.8) is 0 Å². The number of hydrogen-bond acceptors (Lipinski definition) is 6. The molecular formula is C17H12N2O3S. The summed E-state index contributed by atoms with van der Waals surface area (Å²) in [6.07, 6.45) is 0. The Morgan fingerprint density at radius 2 is 1.87 bits per heavy atom. The van der Waals surface area contributed by atoms with Gasteiger partial charge in [-0.05, 0) is 24.3 Å². The number of methoxy groups -OCH3 is 1. The number of benzene rings is 2. The molecule has 6 heteroatoms. The summed E-state index contributed by atoms with van der Waals surface area (Å²) in [4.78, 5) is 4.98. The highest BCUT2D eigenvalue weighted by atomic mass is 32.1. The van der Waals surface area contributed by atoms with Crippen molar-refractivity contribution in [2.75, 3.05) is 7.11 Å². The first-order valence-corrected chi connectivity index (χ1v) is 7.77. The van der Waals surface area contributed by atoms with Crippen LogP contribution >= 0.6 is 11.3 Å². The molecule has 2 aromatic carbocycles. The highest BCUT2D eigenvalue weighted by Gasteiger charge is 2.20. The van der Waals surface area contributed by atoms with E-state index in [0.717, 1.165) is 15.6 Å². The second-order valence-corrected chi connectivity index (χ2v) is 5.95. The molecule has 5 nitrogen and oxygen atoms in total. The molecule has 2 heterocycles. The van der Waals surface area contributed by atoms with E-state index in [4.69, 9.17) is 9.26 Å². The Hall–Kier alpha value is -2.86. The third-order valence-electron chi connectivity index (χ3n) is 3.54. The molecule has 2 aromatic heterocycles. The Kier molecular flexibility index (Phi) is 3.24. The predicted molar refractivity (Wildman–Crippen MR) is 88.8 cm³/mol. The second kappa shape index (κ2) is 5.40. The quantitative estimate of drug-likeness (QED) is 0.607. The van der Waals surface area contributed by atoms with E-state index in [1.54, 1.807) is 7.11 Å². The molecule has 0 aliphatic carbocycles. The molecular weight excluding hydrogens is 312 g/mol. The largest absolute Gasteiger partial charge is 0.506 e. The first-order valence-electron chi connectivity index (χ1n) is 6.96. The second-order valence-electron chi connectivity index (χ2n) is 4.90. The third kappa shape index (κ3) is 2.24. The van der Waals surface area contributed by atoms with Crippen LogP contribution in [0.15, 0.2) is 53.1 Å². The molecule has 0 radical (unpaired) electrons. The fraction of sp³-hybridized carbons (Fsp3) is 0.0588. The van der Waals surface area contributed by atoms with Crippen molar-refractivity contribution < 1.29 is 14.4 Å². The summed E-state index contributed by atoms with van der Waals surface area (Å²) >= 11 is 1.42. The number of para-hydroxylation sites is 1. The fourth-order valence-corrected chi connectivity index (χ4v) is 3.45. The molecule has 0 amide bonds. The molecule has 0 spiro atoms. The maximum Gasteiger partial charge on any atom is 0.272 e. The number of aromatic nitrogens is 2. The zero-order valence-corrected chi connectivity index (χ0v) is 13.0. The standard InChI is InChI=1S/C17H12N2O3S/c1-21-12-8-4-2-6-10(12)16-18-17(22-19-16)15-14(20)11-7-3-5-9-13(11)23-15/h2-9,20H,1H3. The monoisotopic (exact) mass is 324 g/mol. The SMILES string of the molecule is COc1ccccc1-c1noc(-c2sc3ccccc3c2O)n1. The Morgan fingerprint density at radius 3 is 2.70 bits per heavy atom.